The van der Waals surface area contributed by atoms with Gasteiger partial charge in [0.05, 0.1) is 10.6 Å². The van der Waals surface area contributed by atoms with Crippen molar-refractivity contribution in [2.24, 2.45) is 0 Å². The molecular weight excluding hydrogens is 262 g/mol. The lowest BCUT2D eigenvalue weighted by Crippen LogP contribution is -2.29. The first kappa shape index (κ1) is 14.8. The van der Waals surface area contributed by atoms with E-state index >= 15 is 0 Å². The van der Waals surface area contributed by atoms with E-state index in [1.165, 1.54) is 18.2 Å². The summed E-state index contributed by atoms with van der Waals surface area (Å²) in [4.78, 5) is -0.372. The standard InChI is InChI=1S/C11H16F2N2O2S/c1-8(14-2)7-15-9-5-3-4-6-10(9)18(16,17)11(12)13/h3-6,8,11,14-15H,7H2,1-2H3. The van der Waals surface area contributed by atoms with Crippen LogP contribution in [0.3, 0.4) is 0 Å². The lowest BCUT2D eigenvalue weighted by atomic mass is 10.3. The Labute approximate surface area is 105 Å². The van der Waals surface area contributed by atoms with Crippen LogP contribution < -0.4 is 10.6 Å². The van der Waals surface area contributed by atoms with Crippen LogP contribution >= 0.6 is 0 Å². The molecule has 0 aromatic heterocycles. The fourth-order valence-electron chi connectivity index (χ4n) is 1.32. The zero-order valence-electron chi connectivity index (χ0n) is 10.2. The van der Waals surface area contributed by atoms with E-state index < -0.39 is 15.6 Å². The van der Waals surface area contributed by atoms with Gasteiger partial charge >= 0.3 is 5.76 Å². The minimum absolute atomic E-state index is 0.0901. The Bertz CT molecular complexity index is 492. The Morgan fingerprint density at radius 3 is 2.44 bits per heavy atom. The van der Waals surface area contributed by atoms with Gasteiger partial charge in [-0.15, -0.1) is 0 Å². The number of nitrogens with one attached hydrogen (secondary N) is 2. The highest BCUT2D eigenvalue weighted by atomic mass is 32.2. The van der Waals surface area contributed by atoms with Crippen molar-refractivity contribution in [2.45, 2.75) is 23.6 Å². The van der Waals surface area contributed by atoms with Gasteiger partial charge in [-0.3, -0.25) is 0 Å². The molecule has 102 valence electrons. The van der Waals surface area contributed by atoms with E-state index in [-0.39, 0.29) is 16.6 Å². The molecule has 1 atom stereocenters. The molecule has 1 aromatic carbocycles. The van der Waals surface area contributed by atoms with Gasteiger partial charge in [-0.05, 0) is 26.1 Å². The summed E-state index contributed by atoms with van der Waals surface area (Å²) in [6.07, 6.45) is 0. The molecule has 7 heteroatoms. The number of likely N-dealkylation sites (N-methyl/N-ethyl adjacent to an activating group) is 1. The molecule has 0 aliphatic rings. The summed E-state index contributed by atoms with van der Waals surface area (Å²) in [6, 6.07) is 5.75. The number of para-hydroxylation sites is 1. The van der Waals surface area contributed by atoms with Crippen LogP contribution in [0.15, 0.2) is 29.2 Å². The molecule has 0 spiro atoms. The largest absolute Gasteiger partial charge is 0.382 e. The lowest BCUT2D eigenvalue weighted by molar-refractivity contribution is 0.235. The average Bonchev–Trinajstić information content (AvgIpc) is 2.35. The first-order valence-electron chi connectivity index (χ1n) is 5.41. The smallest absolute Gasteiger partial charge is 0.341 e. The summed E-state index contributed by atoms with van der Waals surface area (Å²) in [5.74, 6) is -3.41. The van der Waals surface area contributed by atoms with Gasteiger partial charge in [0.1, 0.15) is 0 Å². The van der Waals surface area contributed by atoms with Crippen molar-refractivity contribution in [3.05, 3.63) is 24.3 Å². The van der Waals surface area contributed by atoms with Gasteiger partial charge in [-0.25, -0.2) is 8.42 Å². The number of hydrogen-bond donors (Lipinski definition) is 2. The van der Waals surface area contributed by atoms with E-state index in [9.17, 15) is 17.2 Å². The third-order valence-corrected chi connectivity index (χ3v) is 3.96. The van der Waals surface area contributed by atoms with Gasteiger partial charge in [-0.2, -0.15) is 8.78 Å². The molecule has 0 aliphatic heterocycles. The minimum Gasteiger partial charge on any atom is -0.382 e. The molecule has 0 heterocycles. The van der Waals surface area contributed by atoms with Crippen molar-refractivity contribution in [3.63, 3.8) is 0 Å². The van der Waals surface area contributed by atoms with Crippen molar-refractivity contribution in [1.82, 2.24) is 5.32 Å². The second kappa shape index (κ2) is 6.10. The predicted octanol–water partition coefficient (Wildman–Crippen LogP) is 1.70. The Kier molecular flexibility index (Phi) is 5.03. The van der Waals surface area contributed by atoms with Crippen LogP contribution in [0.5, 0.6) is 0 Å². The Morgan fingerprint density at radius 2 is 1.89 bits per heavy atom. The number of hydrogen-bond acceptors (Lipinski definition) is 4. The number of anilines is 1. The molecule has 0 saturated carbocycles. The quantitative estimate of drug-likeness (QED) is 0.831. The predicted molar refractivity (Wildman–Crippen MR) is 66.6 cm³/mol. The average molecular weight is 278 g/mol. The van der Waals surface area contributed by atoms with Crippen LogP contribution in [-0.4, -0.2) is 33.8 Å². The van der Waals surface area contributed by atoms with Crippen molar-refractivity contribution in [3.8, 4) is 0 Å². The molecule has 0 amide bonds. The van der Waals surface area contributed by atoms with E-state index in [1.54, 1.807) is 13.1 Å². The molecule has 0 aliphatic carbocycles. The second-order valence-corrected chi connectivity index (χ2v) is 5.76. The molecule has 0 radical (unpaired) electrons. The molecule has 1 aromatic rings. The molecule has 0 fully saturated rings. The number of alkyl halides is 2. The molecule has 18 heavy (non-hydrogen) atoms. The highest BCUT2D eigenvalue weighted by molar-refractivity contribution is 7.91. The highest BCUT2D eigenvalue weighted by Gasteiger charge is 2.28. The van der Waals surface area contributed by atoms with E-state index in [1.807, 2.05) is 6.92 Å². The molecule has 2 N–H and O–H groups in total. The van der Waals surface area contributed by atoms with Gasteiger partial charge in [-0.1, -0.05) is 12.1 Å². The summed E-state index contributed by atoms with van der Waals surface area (Å²) in [5, 5.41) is 5.81. The summed E-state index contributed by atoms with van der Waals surface area (Å²) >= 11 is 0. The number of rotatable bonds is 6. The molecular formula is C11H16F2N2O2S. The van der Waals surface area contributed by atoms with Gasteiger partial charge in [0.15, 0.2) is 0 Å². The molecule has 0 bridgehead atoms. The maximum Gasteiger partial charge on any atom is 0.341 e. The zero-order chi connectivity index (χ0) is 13.8. The fraction of sp³-hybridized carbons (Fsp3) is 0.455. The van der Waals surface area contributed by atoms with Gasteiger partial charge in [0.2, 0.25) is 9.84 Å². The Hall–Kier alpha value is -1.21. The zero-order valence-corrected chi connectivity index (χ0v) is 11.0. The summed E-state index contributed by atoms with van der Waals surface area (Å²) in [5.41, 5.74) is 0.194. The molecule has 1 rings (SSSR count). The maximum absolute atomic E-state index is 12.5. The van der Waals surface area contributed by atoms with E-state index in [0.29, 0.717) is 6.54 Å². The number of sulfone groups is 1. The van der Waals surface area contributed by atoms with Gasteiger partial charge in [0.25, 0.3) is 0 Å². The van der Waals surface area contributed by atoms with Crippen LogP contribution in [0.2, 0.25) is 0 Å². The third kappa shape index (κ3) is 3.39. The molecule has 0 saturated heterocycles. The molecule has 1 unspecified atom stereocenters. The first-order valence-corrected chi connectivity index (χ1v) is 6.96. The second-order valence-electron chi connectivity index (χ2n) is 3.87. The number of halogens is 2. The first-order chi connectivity index (χ1) is 8.39. The normalized spacial score (nSPS) is 13.6. The van der Waals surface area contributed by atoms with Crippen molar-refractivity contribution < 1.29 is 17.2 Å². The van der Waals surface area contributed by atoms with Crippen LogP contribution in [0.4, 0.5) is 14.5 Å². The van der Waals surface area contributed by atoms with Crippen LogP contribution in [-0.2, 0) is 9.84 Å². The van der Waals surface area contributed by atoms with Crippen molar-refractivity contribution >= 4 is 15.5 Å². The fourth-order valence-corrected chi connectivity index (χ4v) is 2.23. The molecule has 4 nitrogen and oxygen atoms in total. The van der Waals surface area contributed by atoms with Crippen molar-refractivity contribution in [1.29, 1.82) is 0 Å². The lowest BCUT2D eigenvalue weighted by Gasteiger charge is -2.15. The van der Waals surface area contributed by atoms with E-state index in [2.05, 4.69) is 10.6 Å². The Morgan fingerprint density at radius 1 is 1.28 bits per heavy atom. The maximum atomic E-state index is 12.5. The van der Waals surface area contributed by atoms with Crippen LogP contribution in [0, 0.1) is 0 Å². The highest BCUT2D eigenvalue weighted by Crippen LogP contribution is 2.25. The Balaban J connectivity index is 3.01. The van der Waals surface area contributed by atoms with E-state index in [0.717, 1.165) is 0 Å². The topological polar surface area (TPSA) is 58.2 Å². The summed E-state index contributed by atoms with van der Waals surface area (Å²) < 4.78 is 48.0. The third-order valence-electron chi connectivity index (χ3n) is 2.52. The monoisotopic (exact) mass is 278 g/mol. The SMILES string of the molecule is CNC(C)CNc1ccccc1S(=O)(=O)C(F)F. The van der Waals surface area contributed by atoms with Crippen molar-refractivity contribution in [2.75, 3.05) is 18.9 Å². The van der Waals surface area contributed by atoms with Crippen LogP contribution in [0.25, 0.3) is 0 Å². The van der Waals surface area contributed by atoms with Crippen LogP contribution in [0.1, 0.15) is 6.92 Å². The summed E-state index contributed by atoms with van der Waals surface area (Å²) in [7, 11) is -2.82. The van der Waals surface area contributed by atoms with Gasteiger partial charge < -0.3 is 10.6 Å². The summed E-state index contributed by atoms with van der Waals surface area (Å²) in [6.45, 7) is 2.32. The minimum atomic E-state index is -4.58. The van der Waals surface area contributed by atoms with E-state index in [4.69, 9.17) is 0 Å². The van der Waals surface area contributed by atoms with Gasteiger partial charge in [0, 0.05) is 12.6 Å². The number of benzene rings is 1.